The van der Waals surface area contributed by atoms with Crippen LogP contribution in [-0.4, -0.2) is 4.98 Å². The van der Waals surface area contributed by atoms with Gasteiger partial charge in [0.25, 0.3) is 0 Å². The molecule has 0 aromatic carbocycles. The molecule has 13 heavy (non-hydrogen) atoms. The molecular formula is C11H16FN. The molecule has 0 atom stereocenters. The highest BCUT2D eigenvalue weighted by atomic mass is 19.1. The van der Waals surface area contributed by atoms with Gasteiger partial charge in [-0.15, -0.1) is 0 Å². The monoisotopic (exact) mass is 181 g/mol. The first-order chi connectivity index (χ1) is 5.82. The van der Waals surface area contributed by atoms with Crippen LogP contribution >= 0.6 is 0 Å². The van der Waals surface area contributed by atoms with Gasteiger partial charge in [0.05, 0.1) is 5.69 Å². The molecule has 0 saturated carbocycles. The molecule has 0 aliphatic heterocycles. The van der Waals surface area contributed by atoms with Gasteiger partial charge in [-0.25, -0.2) is 4.39 Å². The lowest BCUT2D eigenvalue weighted by Gasteiger charge is -2.19. The highest BCUT2D eigenvalue weighted by molar-refractivity contribution is 5.25. The van der Waals surface area contributed by atoms with Crippen LogP contribution in [0.2, 0.25) is 0 Å². The van der Waals surface area contributed by atoms with Crippen LogP contribution in [0.1, 0.15) is 37.7 Å². The van der Waals surface area contributed by atoms with E-state index in [9.17, 15) is 4.39 Å². The van der Waals surface area contributed by atoms with Crippen molar-refractivity contribution in [1.82, 2.24) is 4.98 Å². The van der Waals surface area contributed by atoms with Crippen LogP contribution in [0.5, 0.6) is 0 Å². The summed E-state index contributed by atoms with van der Waals surface area (Å²) in [6.07, 6.45) is 0. The predicted molar refractivity (Wildman–Crippen MR) is 52.4 cm³/mol. The second-order valence-electron chi connectivity index (χ2n) is 4.47. The second kappa shape index (κ2) is 3.09. The van der Waals surface area contributed by atoms with Crippen LogP contribution in [0.15, 0.2) is 6.07 Å². The van der Waals surface area contributed by atoms with Crippen molar-refractivity contribution in [2.45, 2.75) is 40.0 Å². The van der Waals surface area contributed by atoms with Gasteiger partial charge in [-0.3, -0.25) is 4.98 Å². The first-order valence-corrected chi connectivity index (χ1v) is 4.46. The molecule has 0 spiro atoms. The van der Waals surface area contributed by atoms with Crippen LogP contribution in [0.3, 0.4) is 0 Å². The molecule has 0 unspecified atom stereocenters. The van der Waals surface area contributed by atoms with E-state index in [1.165, 1.54) is 0 Å². The summed E-state index contributed by atoms with van der Waals surface area (Å²) in [7, 11) is 0. The Morgan fingerprint density at radius 1 is 1.23 bits per heavy atom. The number of aryl methyl sites for hydroxylation is 2. The maximum atomic E-state index is 13.5. The molecule has 0 bridgehead atoms. The van der Waals surface area contributed by atoms with Crippen molar-refractivity contribution in [1.29, 1.82) is 0 Å². The van der Waals surface area contributed by atoms with Gasteiger partial charge in [-0.1, -0.05) is 20.8 Å². The maximum Gasteiger partial charge on any atom is 0.145 e. The molecule has 0 aliphatic carbocycles. The van der Waals surface area contributed by atoms with Gasteiger partial charge < -0.3 is 0 Å². The Balaban J connectivity index is 3.32. The number of aromatic nitrogens is 1. The van der Waals surface area contributed by atoms with E-state index in [4.69, 9.17) is 0 Å². The van der Waals surface area contributed by atoms with Crippen molar-refractivity contribution in [2.24, 2.45) is 0 Å². The van der Waals surface area contributed by atoms with Gasteiger partial charge in [0.1, 0.15) is 5.82 Å². The zero-order chi connectivity index (χ0) is 10.2. The Bertz CT molecular complexity index is 324. The minimum Gasteiger partial charge on any atom is -0.254 e. The number of halogens is 1. The largest absolute Gasteiger partial charge is 0.254 e. The molecule has 0 saturated heterocycles. The van der Waals surface area contributed by atoms with E-state index in [0.29, 0.717) is 5.69 Å². The second-order valence-corrected chi connectivity index (χ2v) is 4.47. The Morgan fingerprint density at radius 2 is 1.77 bits per heavy atom. The lowest BCUT2D eigenvalue weighted by Crippen LogP contribution is -2.17. The minimum absolute atomic E-state index is 0.199. The molecular weight excluding hydrogens is 165 g/mol. The van der Waals surface area contributed by atoms with Crippen LogP contribution in [0, 0.1) is 19.7 Å². The third-order valence-corrected chi connectivity index (χ3v) is 2.13. The molecule has 2 heteroatoms. The summed E-state index contributed by atoms with van der Waals surface area (Å²) in [6, 6.07) is 1.56. The molecule has 1 nitrogen and oxygen atoms in total. The highest BCUT2D eigenvalue weighted by Crippen LogP contribution is 2.24. The number of rotatable bonds is 0. The molecule has 1 aromatic heterocycles. The Morgan fingerprint density at radius 3 is 2.23 bits per heavy atom. The molecule has 0 aliphatic rings. The zero-order valence-corrected chi connectivity index (χ0v) is 8.90. The first-order valence-electron chi connectivity index (χ1n) is 4.46. The third-order valence-electron chi connectivity index (χ3n) is 2.13. The zero-order valence-electron chi connectivity index (χ0n) is 8.90. The predicted octanol–water partition coefficient (Wildman–Crippen LogP) is 3.14. The lowest BCUT2D eigenvalue weighted by atomic mass is 9.90. The van der Waals surface area contributed by atoms with E-state index in [1.54, 1.807) is 6.07 Å². The van der Waals surface area contributed by atoms with Crippen LogP contribution in [0.4, 0.5) is 4.39 Å². The van der Waals surface area contributed by atoms with E-state index < -0.39 is 0 Å². The third kappa shape index (κ3) is 2.06. The van der Waals surface area contributed by atoms with Crippen molar-refractivity contribution in [3.8, 4) is 0 Å². The fourth-order valence-electron chi connectivity index (χ4n) is 1.20. The first kappa shape index (κ1) is 10.2. The molecule has 0 fully saturated rings. The topological polar surface area (TPSA) is 12.9 Å². The van der Waals surface area contributed by atoms with Crippen molar-refractivity contribution >= 4 is 0 Å². The average Bonchev–Trinajstić information content (AvgIpc) is 1.94. The van der Waals surface area contributed by atoms with E-state index in [1.807, 2.05) is 34.6 Å². The summed E-state index contributed by atoms with van der Waals surface area (Å²) in [5.41, 5.74) is 2.15. The van der Waals surface area contributed by atoms with E-state index in [2.05, 4.69) is 4.98 Å². The molecule has 1 heterocycles. The summed E-state index contributed by atoms with van der Waals surface area (Å²) < 4.78 is 13.5. The van der Waals surface area contributed by atoms with Crippen molar-refractivity contribution in [3.63, 3.8) is 0 Å². The summed E-state index contributed by atoms with van der Waals surface area (Å²) in [6.45, 7) is 9.68. The lowest BCUT2D eigenvalue weighted by molar-refractivity contribution is 0.500. The smallest absolute Gasteiger partial charge is 0.145 e. The fourth-order valence-corrected chi connectivity index (χ4v) is 1.20. The standard InChI is InChI=1S/C11H16FN/c1-7-6-9(12)10(11(3,4)5)13-8(7)2/h6H,1-5H3. The number of pyridine rings is 1. The summed E-state index contributed by atoms with van der Waals surface area (Å²) in [5, 5.41) is 0. The highest BCUT2D eigenvalue weighted by Gasteiger charge is 2.20. The van der Waals surface area contributed by atoms with Crippen LogP contribution < -0.4 is 0 Å². The van der Waals surface area contributed by atoms with Gasteiger partial charge in [0, 0.05) is 11.1 Å². The van der Waals surface area contributed by atoms with Gasteiger partial charge in [-0.2, -0.15) is 0 Å². The molecule has 1 rings (SSSR count). The Kier molecular flexibility index (Phi) is 2.42. The molecule has 1 aromatic rings. The molecule has 0 radical (unpaired) electrons. The average molecular weight is 181 g/mol. The van der Waals surface area contributed by atoms with E-state index >= 15 is 0 Å². The number of hydrogen-bond donors (Lipinski definition) is 0. The van der Waals surface area contributed by atoms with Gasteiger partial charge in [0.2, 0.25) is 0 Å². The van der Waals surface area contributed by atoms with Gasteiger partial charge in [0.15, 0.2) is 0 Å². The summed E-state index contributed by atoms with van der Waals surface area (Å²) in [5.74, 6) is -0.199. The number of nitrogens with zero attached hydrogens (tertiary/aromatic N) is 1. The number of hydrogen-bond acceptors (Lipinski definition) is 1. The molecule has 0 amide bonds. The molecule has 0 N–H and O–H groups in total. The van der Waals surface area contributed by atoms with Crippen molar-refractivity contribution in [3.05, 3.63) is 28.8 Å². The minimum atomic E-state index is -0.220. The van der Waals surface area contributed by atoms with E-state index in [-0.39, 0.29) is 11.2 Å². The van der Waals surface area contributed by atoms with Gasteiger partial charge in [-0.05, 0) is 25.5 Å². The summed E-state index contributed by atoms with van der Waals surface area (Å²) in [4.78, 5) is 4.27. The fraction of sp³-hybridized carbons (Fsp3) is 0.545. The SMILES string of the molecule is Cc1cc(F)c(C(C)(C)C)nc1C. The quantitative estimate of drug-likeness (QED) is 0.599. The van der Waals surface area contributed by atoms with E-state index in [0.717, 1.165) is 11.3 Å². The van der Waals surface area contributed by atoms with Crippen molar-refractivity contribution in [2.75, 3.05) is 0 Å². The van der Waals surface area contributed by atoms with Crippen LogP contribution in [-0.2, 0) is 5.41 Å². The van der Waals surface area contributed by atoms with Crippen molar-refractivity contribution < 1.29 is 4.39 Å². The normalized spacial score (nSPS) is 11.8. The summed E-state index contributed by atoms with van der Waals surface area (Å²) >= 11 is 0. The Labute approximate surface area is 79.0 Å². The van der Waals surface area contributed by atoms with Gasteiger partial charge >= 0.3 is 0 Å². The molecule has 72 valence electrons. The maximum absolute atomic E-state index is 13.5. The Hall–Kier alpha value is -0.920. The van der Waals surface area contributed by atoms with Crippen LogP contribution in [0.25, 0.3) is 0 Å².